The van der Waals surface area contributed by atoms with E-state index in [2.05, 4.69) is 14.8 Å². The van der Waals surface area contributed by atoms with Gasteiger partial charge >= 0.3 is 0 Å². The fraction of sp³-hybridized carbons (Fsp3) is 0.250. The standard InChI is InChI=1S/C20H23N5O3S/c1-4-23-29(27,28)19-11-7-17(8-12-19)20(26)24(3)15(2)16-5-9-18(10-6-16)25-14-21-13-22-25/h5-15,23H,4H2,1-3H3/t15-/m0/s1. The first kappa shape index (κ1) is 20.7. The molecule has 1 amide bonds. The van der Waals surface area contributed by atoms with Gasteiger partial charge in [-0.15, -0.1) is 0 Å². The summed E-state index contributed by atoms with van der Waals surface area (Å²) in [7, 11) is -1.82. The van der Waals surface area contributed by atoms with Crippen molar-refractivity contribution in [1.29, 1.82) is 0 Å². The fourth-order valence-electron chi connectivity index (χ4n) is 2.90. The minimum Gasteiger partial charge on any atom is -0.335 e. The molecule has 0 aliphatic rings. The van der Waals surface area contributed by atoms with E-state index in [1.807, 2.05) is 31.2 Å². The Morgan fingerprint density at radius 3 is 2.34 bits per heavy atom. The number of carbonyl (C=O) groups is 1. The zero-order valence-electron chi connectivity index (χ0n) is 16.5. The van der Waals surface area contributed by atoms with E-state index in [0.29, 0.717) is 12.1 Å². The first-order valence-corrected chi connectivity index (χ1v) is 10.6. The van der Waals surface area contributed by atoms with E-state index in [9.17, 15) is 13.2 Å². The predicted octanol–water partition coefficient (Wildman–Crippen LogP) is 2.40. The number of carbonyl (C=O) groups excluding carboxylic acids is 1. The summed E-state index contributed by atoms with van der Waals surface area (Å²) in [5.74, 6) is -0.190. The second kappa shape index (κ2) is 8.54. The normalized spacial score (nSPS) is 12.5. The van der Waals surface area contributed by atoms with Gasteiger partial charge in [0, 0.05) is 19.2 Å². The Balaban J connectivity index is 1.74. The monoisotopic (exact) mass is 413 g/mol. The molecule has 8 nitrogen and oxygen atoms in total. The van der Waals surface area contributed by atoms with Crippen LogP contribution in [0.3, 0.4) is 0 Å². The number of amides is 1. The molecule has 1 aromatic heterocycles. The van der Waals surface area contributed by atoms with Crippen molar-refractivity contribution in [1.82, 2.24) is 24.4 Å². The summed E-state index contributed by atoms with van der Waals surface area (Å²) in [6, 6.07) is 13.5. The van der Waals surface area contributed by atoms with E-state index in [1.165, 1.54) is 30.6 Å². The first-order chi connectivity index (χ1) is 13.8. The van der Waals surface area contributed by atoms with Crippen molar-refractivity contribution in [2.45, 2.75) is 24.8 Å². The molecule has 29 heavy (non-hydrogen) atoms. The van der Waals surface area contributed by atoms with Crippen molar-refractivity contribution in [3.8, 4) is 5.69 Å². The van der Waals surface area contributed by atoms with Gasteiger partial charge in [0.1, 0.15) is 12.7 Å². The molecule has 0 bridgehead atoms. The summed E-state index contributed by atoms with van der Waals surface area (Å²) in [6.07, 6.45) is 3.09. The van der Waals surface area contributed by atoms with E-state index < -0.39 is 10.0 Å². The van der Waals surface area contributed by atoms with Crippen molar-refractivity contribution in [2.75, 3.05) is 13.6 Å². The van der Waals surface area contributed by atoms with Crippen LogP contribution in [0.15, 0.2) is 66.1 Å². The third-order valence-corrected chi connectivity index (χ3v) is 6.27. The molecule has 0 aliphatic carbocycles. The van der Waals surface area contributed by atoms with Crippen molar-refractivity contribution in [2.24, 2.45) is 0 Å². The predicted molar refractivity (Wildman–Crippen MR) is 109 cm³/mol. The quantitative estimate of drug-likeness (QED) is 0.641. The number of aromatic nitrogens is 3. The zero-order chi connectivity index (χ0) is 21.0. The maximum atomic E-state index is 12.8. The largest absolute Gasteiger partial charge is 0.335 e. The fourth-order valence-corrected chi connectivity index (χ4v) is 3.94. The highest BCUT2D eigenvalue weighted by molar-refractivity contribution is 7.89. The summed E-state index contributed by atoms with van der Waals surface area (Å²) in [6.45, 7) is 3.95. The van der Waals surface area contributed by atoms with Crippen LogP contribution in [0.4, 0.5) is 0 Å². The third-order valence-electron chi connectivity index (χ3n) is 4.71. The highest BCUT2D eigenvalue weighted by atomic mass is 32.2. The van der Waals surface area contributed by atoms with Crippen LogP contribution in [-0.4, -0.2) is 47.6 Å². The number of nitrogens with one attached hydrogen (secondary N) is 1. The van der Waals surface area contributed by atoms with Crippen LogP contribution < -0.4 is 4.72 Å². The Morgan fingerprint density at radius 1 is 1.14 bits per heavy atom. The lowest BCUT2D eigenvalue weighted by Gasteiger charge is -2.25. The summed E-state index contributed by atoms with van der Waals surface area (Å²) >= 11 is 0. The Morgan fingerprint density at radius 2 is 1.79 bits per heavy atom. The lowest BCUT2D eigenvalue weighted by molar-refractivity contribution is 0.0742. The van der Waals surface area contributed by atoms with Gasteiger partial charge in [0.05, 0.1) is 16.6 Å². The number of rotatable bonds is 7. The SMILES string of the molecule is CCNS(=O)(=O)c1ccc(C(=O)N(C)[C@@H](C)c2ccc(-n3cncn3)cc2)cc1. The van der Waals surface area contributed by atoms with E-state index in [1.54, 1.807) is 29.9 Å². The van der Waals surface area contributed by atoms with Gasteiger partial charge in [-0.3, -0.25) is 4.79 Å². The summed E-state index contributed by atoms with van der Waals surface area (Å²) < 4.78 is 28.2. The molecule has 152 valence electrons. The molecule has 1 N–H and O–H groups in total. The second-order valence-corrected chi connectivity index (χ2v) is 8.32. The van der Waals surface area contributed by atoms with Crippen LogP contribution in [0, 0.1) is 0 Å². The molecule has 0 aliphatic heterocycles. The van der Waals surface area contributed by atoms with Crippen LogP contribution in [0.1, 0.15) is 35.8 Å². The molecule has 0 spiro atoms. The summed E-state index contributed by atoms with van der Waals surface area (Å²) in [5, 5.41) is 4.09. The zero-order valence-corrected chi connectivity index (χ0v) is 17.3. The Hall–Kier alpha value is -3.04. The molecule has 1 atom stereocenters. The molecule has 1 heterocycles. The molecule has 0 saturated heterocycles. The highest BCUT2D eigenvalue weighted by Crippen LogP contribution is 2.22. The van der Waals surface area contributed by atoms with Crippen molar-refractivity contribution in [3.63, 3.8) is 0 Å². The molecule has 2 aromatic carbocycles. The lowest BCUT2D eigenvalue weighted by atomic mass is 10.1. The van der Waals surface area contributed by atoms with Crippen LogP contribution in [-0.2, 0) is 10.0 Å². The summed E-state index contributed by atoms with van der Waals surface area (Å²) in [4.78, 5) is 18.5. The van der Waals surface area contributed by atoms with Gasteiger partial charge < -0.3 is 4.90 Å². The topological polar surface area (TPSA) is 97.2 Å². The van der Waals surface area contributed by atoms with Gasteiger partial charge in [-0.1, -0.05) is 19.1 Å². The lowest BCUT2D eigenvalue weighted by Crippen LogP contribution is -2.29. The molecule has 3 rings (SSSR count). The molecule has 9 heteroatoms. The number of sulfonamides is 1. The molecule has 0 unspecified atom stereocenters. The molecular formula is C20H23N5O3S. The molecule has 0 fully saturated rings. The number of nitrogens with zero attached hydrogens (tertiary/aromatic N) is 4. The van der Waals surface area contributed by atoms with E-state index in [-0.39, 0.29) is 16.8 Å². The molecule has 0 radical (unpaired) electrons. The van der Waals surface area contributed by atoms with E-state index in [4.69, 9.17) is 0 Å². The first-order valence-electron chi connectivity index (χ1n) is 9.15. The van der Waals surface area contributed by atoms with Gasteiger partial charge in [0.25, 0.3) is 5.91 Å². The van der Waals surface area contributed by atoms with Crippen LogP contribution in [0.2, 0.25) is 0 Å². The minimum atomic E-state index is -3.54. The maximum Gasteiger partial charge on any atom is 0.254 e. The second-order valence-electron chi connectivity index (χ2n) is 6.55. The Labute approximate surface area is 170 Å². The van der Waals surface area contributed by atoms with Gasteiger partial charge in [0.2, 0.25) is 10.0 Å². The van der Waals surface area contributed by atoms with Crippen LogP contribution in [0.25, 0.3) is 5.69 Å². The van der Waals surface area contributed by atoms with Gasteiger partial charge in [-0.05, 0) is 48.9 Å². The van der Waals surface area contributed by atoms with Crippen LogP contribution in [0.5, 0.6) is 0 Å². The van der Waals surface area contributed by atoms with E-state index >= 15 is 0 Å². The van der Waals surface area contributed by atoms with Crippen LogP contribution >= 0.6 is 0 Å². The highest BCUT2D eigenvalue weighted by Gasteiger charge is 2.20. The Kier molecular flexibility index (Phi) is 6.09. The van der Waals surface area contributed by atoms with Crippen molar-refractivity contribution < 1.29 is 13.2 Å². The maximum absolute atomic E-state index is 12.8. The minimum absolute atomic E-state index is 0.135. The number of hydrogen-bond acceptors (Lipinski definition) is 5. The van der Waals surface area contributed by atoms with Gasteiger partial charge in [-0.25, -0.2) is 22.8 Å². The van der Waals surface area contributed by atoms with Gasteiger partial charge in [0.15, 0.2) is 0 Å². The Bertz CT molecular complexity index is 1060. The van der Waals surface area contributed by atoms with Gasteiger partial charge in [-0.2, -0.15) is 5.10 Å². The molecular weight excluding hydrogens is 390 g/mol. The van der Waals surface area contributed by atoms with E-state index in [0.717, 1.165) is 11.3 Å². The smallest absolute Gasteiger partial charge is 0.254 e. The number of benzene rings is 2. The average molecular weight is 414 g/mol. The summed E-state index contributed by atoms with van der Waals surface area (Å²) in [5.41, 5.74) is 2.27. The van der Waals surface area contributed by atoms with Crippen molar-refractivity contribution in [3.05, 3.63) is 72.3 Å². The van der Waals surface area contributed by atoms with Crippen molar-refractivity contribution >= 4 is 15.9 Å². The average Bonchev–Trinajstić information content (AvgIpc) is 3.27. The number of hydrogen-bond donors (Lipinski definition) is 1. The molecule has 0 saturated carbocycles. The third kappa shape index (κ3) is 4.52. The molecule has 3 aromatic rings.